The molecule has 34 heavy (non-hydrogen) atoms. The number of nitrogens with one attached hydrogen (secondary N) is 1. The molecule has 1 fully saturated rings. The highest BCUT2D eigenvalue weighted by atomic mass is 16.5. The summed E-state index contributed by atoms with van der Waals surface area (Å²) in [6.07, 6.45) is 3.59. The molecule has 176 valence electrons. The van der Waals surface area contributed by atoms with Crippen molar-refractivity contribution in [2.75, 3.05) is 27.3 Å². The first-order valence-corrected chi connectivity index (χ1v) is 12.2. The van der Waals surface area contributed by atoms with Crippen LogP contribution in [0.4, 0.5) is 0 Å². The molecule has 1 aromatic heterocycles. The number of benzene rings is 3. The Balaban J connectivity index is 1.49. The van der Waals surface area contributed by atoms with Gasteiger partial charge in [-0.25, -0.2) is 0 Å². The molecule has 4 nitrogen and oxygen atoms in total. The molecule has 0 amide bonds. The number of hydrogen-bond acceptors (Lipinski definition) is 3. The van der Waals surface area contributed by atoms with Crippen LogP contribution in [0.1, 0.15) is 41.3 Å². The van der Waals surface area contributed by atoms with Crippen LogP contribution in [0.15, 0.2) is 72.8 Å². The standard InChI is InChI=1S/C30H34N2O2/c1-21-29(25-11-7-8-12-26(25)31-21)30(24-13-14-27(33-2)28(20-24)34-3)32-17-15-23(16-18-32)19-22-9-5-4-6-10-22/h4-14,20,23,30-31H,15-19H2,1-3H3. The molecule has 0 radical (unpaired) electrons. The van der Waals surface area contributed by atoms with Crippen molar-refractivity contribution in [2.24, 2.45) is 5.92 Å². The molecule has 1 unspecified atom stereocenters. The second-order valence-electron chi connectivity index (χ2n) is 9.40. The molecule has 1 N–H and O–H groups in total. The molecule has 0 saturated carbocycles. The lowest BCUT2D eigenvalue weighted by Gasteiger charge is -2.38. The number of aryl methyl sites for hydroxylation is 1. The highest BCUT2D eigenvalue weighted by Crippen LogP contribution is 2.41. The molecular weight excluding hydrogens is 420 g/mol. The number of nitrogens with zero attached hydrogens (tertiary/aromatic N) is 1. The fraction of sp³-hybridized carbons (Fsp3) is 0.333. The molecule has 0 spiro atoms. The van der Waals surface area contributed by atoms with Crippen molar-refractivity contribution >= 4 is 10.9 Å². The molecule has 0 bridgehead atoms. The Bertz CT molecular complexity index is 1240. The summed E-state index contributed by atoms with van der Waals surface area (Å²) in [6.45, 7) is 4.36. The summed E-state index contributed by atoms with van der Waals surface area (Å²) >= 11 is 0. The van der Waals surface area contributed by atoms with Crippen molar-refractivity contribution in [3.8, 4) is 11.5 Å². The number of fused-ring (bicyclic) bond motifs is 1. The predicted molar refractivity (Wildman–Crippen MR) is 139 cm³/mol. The minimum atomic E-state index is 0.161. The topological polar surface area (TPSA) is 37.5 Å². The summed E-state index contributed by atoms with van der Waals surface area (Å²) in [5.74, 6) is 2.28. The smallest absolute Gasteiger partial charge is 0.161 e. The Kier molecular flexibility index (Phi) is 6.59. The lowest BCUT2D eigenvalue weighted by atomic mass is 9.87. The van der Waals surface area contributed by atoms with Gasteiger partial charge >= 0.3 is 0 Å². The van der Waals surface area contributed by atoms with Crippen LogP contribution < -0.4 is 9.47 Å². The number of para-hydroxylation sites is 1. The van der Waals surface area contributed by atoms with E-state index in [1.807, 2.05) is 6.07 Å². The largest absolute Gasteiger partial charge is 0.493 e. The number of hydrogen-bond donors (Lipinski definition) is 1. The van der Waals surface area contributed by atoms with Gasteiger partial charge in [0.25, 0.3) is 0 Å². The van der Waals surface area contributed by atoms with E-state index in [9.17, 15) is 0 Å². The minimum Gasteiger partial charge on any atom is -0.493 e. The van der Waals surface area contributed by atoms with Crippen molar-refractivity contribution in [2.45, 2.75) is 32.2 Å². The molecule has 1 saturated heterocycles. The average Bonchev–Trinajstić information content (AvgIpc) is 3.21. The van der Waals surface area contributed by atoms with Crippen LogP contribution in [-0.2, 0) is 6.42 Å². The SMILES string of the molecule is COc1ccc(C(c2c(C)[nH]c3ccccc23)N2CCC(Cc3ccccc3)CC2)cc1OC. The van der Waals surface area contributed by atoms with Crippen LogP contribution in [0, 0.1) is 12.8 Å². The van der Waals surface area contributed by atoms with Crippen molar-refractivity contribution in [1.29, 1.82) is 0 Å². The van der Waals surface area contributed by atoms with E-state index in [0.29, 0.717) is 0 Å². The van der Waals surface area contributed by atoms with Crippen LogP contribution >= 0.6 is 0 Å². The van der Waals surface area contributed by atoms with E-state index in [1.165, 1.54) is 52.5 Å². The van der Waals surface area contributed by atoms with Crippen LogP contribution in [0.5, 0.6) is 11.5 Å². The molecule has 0 aliphatic carbocycles. The summed E-state index contributed by atoms with van der Waals surface area (Å²) in [5, 5.41) is 1.30. The molecule has 4 heteroatoms. The van der Waals surface area contributed by atoms with E-state index in [1.54, 1.807) is 14.2 Å². The number of aromatic nitrogens is 1. The third-order valence-corrected chi connectivity index (χ3v) is 7.32. The summed E-state index contributed by atoms with van der Waals surface area (Å²) in [6, 6.07) is 26.1. The van der Waals surface area contributed by atoms with E-state index < -0.39 is 0 Å². The number of H-pyrrole nitrogens is 1. The van der Waals surface area contributed by atoms with Gasteiger partial charge in [0.1, 0.15) is 0 Å². The Hall–Kier alpha value is -3.24. The maximum atomic E-state index is 5.68. The Morgan fingerprint density at radius 3 is 2.32 bits per heavy atom. The van der Waals surface area contributed by atoms with Crippen LogP contribution in [0.2, 0.25) is 0 Å². The lowest BCUT2D eigenvalue weighted by molar-refractivity contribution is 0.151. The van der Waals surface area contributed by atoms with Gasteiger partial charge in [0.15, 0.2) is 11.5 Å². The zero-order valence-electron chi connectivity index (χ0n) is 20.4. The maximum Gasteiger partial charge on any atom is 0.161 e. The van der Waals surface area contributed by atoms with E-state index in [2.05, 4.69) is 83.5 Å². The summed E-state index contributed by atoms with van der Waals surface area (Å²) in [5.41, 5.74) is 6.48. The fourth-order valence-corrected chi connectivity index (χ4v) is 5.60. The second-order valence-corrected chi connectivity index (χ2v) is 9.40. The van der Waals surface area contributed by atoms with Crippen molar-refractivity contribution in [3.05, 3.63) is 95.2 Å². The van der Waals surface area contributed by atoms with Gasteiger partial charge < -0.3 is 14.5 Å². The van der Waals surface area contributed by atoms with E-state index >= 15 is 0 Å². The molecule has 1 aliphatic heterocycles. The van der Waals surface area contributed by atoms with Gasteiger partial charge in [-0.3, -0.25) is 4.90 Å². The number of piperidine rings is 1. The first-order valence-electron chi connectivity index (χ1n) is 12.2. The third-order valence-electron chi connectivity index (χ3n) is 7.32. The van der Waals surface area contributed by atoms with E-state index in [4.69, 9.17) is 9.47 Å². The monoisotopic (exact) mass is 454 g/mol. The van der Waals surface area contributed by atoms with Crippen molar-refractivity contribution < 1.29 is 9.47 Å². The maximum absolute atomic E-state index is 5.68. The summed E-state index contributed by atoms with van der Waals surface area (Å²) in [4.78, 5) is 6.28. The highest BCUT2D eigenvalue weighted by Gasteiger charge is 2.31. The molecule has 3 aromatic carbocycles. The Labute approximate surface area is 202 Å². The number of ether oxygens (including phenoxy) is 2. The average molecular weight is 455 g/mol. The van der Waals surface area contributed by atoms with Crippen LogP contribution in [-0.4, -0.2) is 37.2 Å². The van der Waals surface area contributed by atoms with Crippen LogP contribution in [0.3, 0.4) is 0 Å². The zero-order chi connectivity index (χ0) is 23.5. The van der Waals surface area contributed by atoms with Crippen molar-refractivity contribution in [3.63, 3.8) is 0 Å². The first kappa shape index (κ1) is 22.5. The Morgan fingerprint density at radius 2 is 1.59 bits per heavy atom. The van der Waals surface area contributed by atoms with E-state index in [0.717, 1.165) is 30.5 Å². The molecular formula is C30H34N2O2. The summed E-state index contributed by atoms with van der Waals surface area (Å²) < 4.78 is 11.2. The lowest BCUT2D eigenvalue weighted by Crippen LogP contribution is -2.38. The van der Waals surface area contributed by atoms with Gasteiger partial charge in [-0.2, -0.15) is 0 Å². The molecule has 1 atom stereocenters. The quantitative estimate of drug-likeness (QED) is 0.345. The molecule has 4 aromatic rings. The predicted octanol–water partition coefficient (Wildman–Crippen LogP) is 6.54. The number of likely N-dealkylation sites (tertiary alicyclic amines) is 1. The molecule has 2 heterocycles. The number of aromatic amines is 1. The van der Waals surface area contributed by atoms with Gasteiger partial charge in [-0.15, -0.1) is 0 Å². The van der Waals surface area contributed by atoms with Gasteiger partial charge in [0, 0.05) is 22.2 Å². The minimum absolute atomic E-state index is 0.161. The van der Waals surface area contributed by atoms with Gasteiger partial charge in [-0.1, -0.05) is 54.6 Å². The highest BCUT2D eigenvalue weighted by molar-refractivity contribution is 5.85. The Morgan fingerprint density at radius 1 is 0.882 bits per heavy atom. The first-order chi connectivity index (χ1) is 16.7. The summed E-state index contributed by atoms with van der Waals surface area (Å²) in [7, 11) is 3.40. The normalized spacial score (nSPS) is 16.0. The van der Waals surface area contributed by atoms with Crippen LogP contribution in [0.25, 0.3) is 10.9 Å². The van der Waals surface area contributed by atoms with Gasteiger partial charge in [-0.05, 0) is 74.5 Å². The zero-order valence-corrected chi connectivity index (χ0v) is 20.4. The van der Waals surface area contributed by atoms with Gasteiger partial charge in [0.05, 0.1) is 20.3 Å². The van der Waals surface area contributed by atoms with Gasteiger partial charge in [0.2, 0.25) is 0 Å². The third kappa shape index (κ3) is 4.43. The second kappa shape index (κ2) is 9.94. The molecule has 1 aliphatic rings. The van der Waals surface area contributed by atoms with E-state index in [-0.39, 0.29) is 6.04 Å². The fourth-order valence-electron chi connectivity index (χ4n) is 5.60. The molecule has 5 rings (SSSR count). The number of methoxy groups -OCH3 is 2. The number of rotatable bonds is 7. The van der Waals surface area contributed by atoms with Crippen molar-refractivity contribution in [1.82, 2.24) is 9.88 Å².